The molecule has 6 heteroatoms. The van der Waals surface area contributed by atoms with E-state index in [1.165, 1.54) is 4.88 Å². The van der Waals surface area contributed by atoms with Crippen LogP contribution in [0.1, 0.15) is 37.9 Å². The van der Waals surface area contributed by atoms with Crippen molar-refractivity contribution in [3.8, 4) is 11.4 Å². The van der Waals surface area contributed by atoms with Crippen molar-refractivity contribution in [1.82, 2.24) is 20.3 Å². The maximum Gasteiger partial charge on any atom is 0.251 e. The monoisotopic (exact) mass is 366 g/mol. The van der Waals surface area contributed by atoms with Gasteiger partial charge in [0.2, 0.25) is 0 Å². The lowest BCUT2D eigenvalue weighted by Crippen LogP contribution is -2.26. The Morgan fingerprint density at radius 1 is 1.08 bits per heavy atom. The average Bonchev–Trinajstić information content (AvgIpc) is 2.99. The Hall–Kier alpha value is -2.60. The minimum absolute atomic E-state index is 0.0732. The Kier molecular flexibility index (Phi) is 5.42. The molecule has 0 aliphatic heterocycles. The summed E-state index contributed by atoms with van der Waals surface area (Å²) in [6.45, 7) is 8.41. The zero-order valence-electron chi connectivity index (χ0n) is 15.5. The Bertz CT molecular complexity index is 928. The number of carbonyl (C=O) groups excluding carboxylic acids is 1. The Morgan fingerprint density at radius 3 is 2.46 bits per heavy atom. The van der Waals surface area contributed by atoms with Crippen LogP contribution in [-0.2, 0) is 6.42 Å². The fourth-order valence-corrected chi connectivity index (χ4v) is 3.59. The molecule has 0 aliphatic rings. The van der Waals surface area contributed by atoms with E-state index >= 15 is 0 Å². The van der Waals surface area contributed by atoms with E-state index in [1.54, 1.807) is 11.3 Å². The van der Waals surface area contributed by atoms with Gasteiger partial charge in [0.15, 0.2) is 5.82 Å². The minimum Gasteiger partial charge on any atom is -0.352 e. The van der Waals surface area contributed by atoms with Gasteiger partial charge in [0.25, 0.3) is 5.91 Å². The molecule has 0 unspecified atom stereocenters. The normalized spacial score (nSPS) is 10.8. The number of amides is 1. The highest BCUT2D eigenvalue weighted by molar-refractivity contribution is 7.09. The molecule has 0 atom stereocenters. The standard InChI is InChI=1S/C20H22N4OS/c1-12-5-6-16(19-23-13(2)9-14(3)24-19)10-17(12)20(25)21-8-7-18-15(4)22-11-26-18/h5-6,9-11H,7-8H2,1-4H3,(H,21,25). The molecule has 2 aromatic heterocycles. The zero-order chi connectivity index (χ0) is 18.7. The van der Waals surface area contributed by atoms with E-state index in [0.29, 0.717) is 17.9 Å². The van der Waals surface area contributed by atoms with Crippen molar-refractivity contribution < 1.29 is 4.79 Å². The molecule has 0 saturated heterocycles. The predicted molar refractivity (Wildman–Crippen MR) is 105 cm³/mol. The van der Waals surface area contributed by atoms with Gasteiger partial charge in [-0.15, -0.1) is 11.3 Å². The van der Waals surface area contributed by atoms with Crippen molar-refractivity contribution in [1.29, 1.82) is 0 Å². The molecule has 0 saturated carbocycles. The van der Waals surface area contributed by atoms with Crippen LogP contribution in [0.25, 0.3) is 11.4 Å². The largest absolute Gasteiger partial charge is 0.352 e. The zero-order valence-corrected chi connectivity index (χ0v) is 16.3. The molecular formula is C20H22N4OS. The summed E-state index contributed by atoms with van der Waals surface area (Å²) in [4.78, 5) is 27.1. The number of aromatic nitrogens is 3. The van der Waals surface area contributed by atoms with Crippen molar-refractivity contribution >= 4 is 17.2 Å². The van der Waals surface area contributed by atoms with Crippen LogP contribution in [0.2, 0.25) is 0 Å². The highest BCUT2D eigenvalue weighted by Gasteiger charge is 2.12. The van der Waals surface area contributed by atoms with Gasteiger partial charge < -0.3 is 5.32 Å². The Labute approximate surface area is 157 Å². The molecular weight excluding hydrogens is 344 g/mol. The summed E-state index contributed by atoms with van der Waals surface area (Å²) in [7, 11) is 0. The molecule has 26 heavy (non-hydrogen) atoms. The van der Waals surface area contributed by atoms with E-state index in [4.69, 9.17) is 0 Å². The molecule has 3 aromatic rings. The summed E-state index contributed by atoms with van der Waals surface area (Å²) in [5, 5.41) is 3.01. The first-order valence-corrected chi connectivity index (χ1v) is 9.42. The van der Waals surface area contributed by atoms with E-state index < -0.39 is 0 Å². The number of thiazole rings is 1. The summed E-state index contributed by atoms with van der Waals surface area (Å²) >= 11 is 1.62. The lowest BCUT2D eigenvalue weighted by atomic mass is 10.0. The van der Waals surface area contributed by atoms with E-state index in [-0.39, 0.29) is 5.91 Å². The average molecular weight is 366 g/mol. The summed E-state index contributed by atoms with van der Waals surface area (Å²) in [5.41, 5.74) is 7.15. The maximum atomic E-state index is 12.6. The predicted octanol–water partition coefficient (Wildman–Crippen LogP) is 3.81. The minimum atomic E-state index is -0.0732. The molecule has 1 aromatic carbocycles. The second kappa shape index (κ2) is 7.74. The molecule has 0 fully saturated rings. The van der Waals surface area contributed by atoms with Gasteiger partial charge in [-0.05, 0) is 45.4 Å². The highest BCUT2D eigenvalue weighted by atomic mass is 32.1. The second-order valence-corrected chi connectivity index (χ2v) is 7.31. The SMILES string of the molecule is Cc1cc(C)nc(-c2ccc(C)c(C(=O)NCCc3scnc3C)c2)n1. The second-order valence-electron chi connectivity index (χ2n) is 6.37. The van der Waals surface area contributed by atoms with E-state index in [0.717, 1.165) is 34.6 Å². The van der Waals surface area contributed by atoms with Crippen LogP contribution >= 0.6 is 11.3 Å². The highest BCUT2D eigenvalue weighted by Crippen LogP contribution is 2.20. The van der Waals surface area contributed by atoms with Gasteiger partial charge in [-0.2, -0.15) is 0 Å². The van der Waals surface area contributed by atoms with Gasteiger partial charge in [0.1, 0.15) is 0 Å². The van der Waals surface area contributed by atoms with Crippen molar-refractivity contribution in [2.45, 2.75) is 34.1 Å². The van der Waals surface area contributed by atoms with Crippen molar-refractivity contribution in [3.05, 3.63) is 62.9 Å². The topological polar surface area (TPSA) is 67.8 Å². The van der Waals surface area contributed by atoms with Gasteiger partial charge in [-0.3, -0.25) is 4.79 Å². The van der Waals surface area contributed by atoms with E-state index in [1.807, 2.05) is 57.5 Å². The van der Waals surface area contributed by atoms with Crippen LogP contribution in [0.5, 0.6) is 0 Å². The van der Waals surface area contributed by atoms with Crippen molar-refractivity contribution in [2.24, 2.45) is 0 Å². The molecule has 5 nitrogen and oxygen atoms in total. The quantitative estimate of drug-likeness (QED) is 0.746. The first-order chi connectivity index (χ1) is 12.4. The summed E-state index contributed by atoms with van der Waals surface area (Å²) in [6.07, 6.45) is 0.793. The molecule has 1 amide bonds. The molecule has 134 valence electrons. The molecule has 0 spiro atoms. The van der Waals surface area contributed by atoms with Crippen LogP contribution in [0.3, 0.4) is 0 Å². The summed E-state index contributed by atoms with van der Waals surface area (Å²) in [6, 6.07) is 7.71. The van der Waals surface area contributed by atoms with Crippen molar-refractivity contribution in [3.63, 3.8) is 0 Å². The number of hydrogen-bond donors (Lipinski definition) is 1. The smallest absolute Gasteiger partial charge is 0.251 e. The number of carbonyl (C=O) groups is 1. The van der Waals surface area contributed by atoms with Gasteiger partial charge >= 0.3 is 0 Å². The van der Waals surface area contributed by atoms with Gasteiger partial charge in [0, 0.05) is 40.4 Å². The molecule has 2 heterocycles. The lowest BCUT2D eigenvalue weighted by Gasteiger charge is -2.10. The summed E-state index contributed by atoms with van der Waals surface area (Å²) in [5.74, 6) is 0.577. The molecule has 0 aliphatic carbocycles. The molecule has 0 radical (unpaired) electrons. The number of hydrogen-bond acceptors (Lipinski definition) is 5. The third-order valence-electron chi connectivity index (χ3n) is 4.21. The maximum absolute atomic E-state index is 12.6. The van der Waals surface area contributed by atoms with Crippen LogP contribution in [0.4, 0.5) is 0 Å². The third-order valence-corrected chi connectivity index (χ3v) is 5.20. The summed E-state index contributed by atoms with van der Waals surface area (Å²) < 4.78 is 0. The van der Waals surface area contributed by atoms with Crippen LogP contribution < -0.4 is 5.32 Å². The Morgan fingerprint density at radius 2 is 1.81 bits per heavy atom. The van der Waals surface area contributed by atoms with Gasteiger partial charge in [0.05, 0.1) is 11.2 Å². The van der Waals surface area contributed by atoms with Crippen LogP contribution in [0, 0.1) is 27.7 Å². The first kappa shape index (κ1) is 18.2. The molecule has 0 bridgehead atoms. The van der Waals surface area contributed by atoms with E-state index in [2.05, 4.69) is 20.3 Å². The fraction of sp³-hybridized carbons (Fsp3) is 0.300. The first-order valence-electron chi connectivity index (χ1n) is 8.54. The van der Waals surface area contributed by atoms with Crippen LogP contribution in [0.15, 0.2) is 29.8 Å². The number of benzene rings is 1. The number of nitrogens with zero attached hydrogens (tertiary/aromatic N) is 3. The number of aryl methyl sites for hydroxylation is 4. The lowest BCUT2D eigenvalue weighted by molar-refractivity contribution is 0.0953. The van der Waals surface area contributed by atoms with Gasteiger partial charge in [-0.1, -0.05) is 12.1 Å². The third kappa shape index (κ3) is 4.14. The number of nitrogens with one attached hydrogen (secondary N) is 1. The fourth-order valence-electron chi connectivity index (χ4n) is 2.81. The molecule has 3 rings (SSSR count). The van der Waals surface area contributed by atoms with E-state index in [9.17, 15) is 4.79 Å². The number of rotatable bonds is 5. The Balaban J connectivity index is 1.76. The van der Waals surface area contributed by atoms with Gasteiger partial charge in [-0.25, -0.2) is 15.0 Å². The molecule has 1 N–H and O–H groups in total. The van der Waals surface area contributed by atoms with Crippen molar-refractivity contribution in [2.75, 3.05) is 6.54 Å². The van der Waals surface area contributed by atoms with Crippen LogP contribution in [-0.4, -0.2) is 27.4 Å².